The fourth-order valence-electron chi connectivity index (χ4n) is 0.860. The minimum atomic E-state index is 0.580. The van der Waals surface area contributed by atoms with E-state index in [1.807, 2.05) is 18.2 Å². The Kier molecular flexibility index (Phi) is 4.65. The summed E-state index contributed by atoms with van der Waals surface area (Å²) < 4.78 is 0. The van der Waals surface area contributed by atoms with Crippen LogP contribution in [0, 0.1) is 5.92 Å². The largest absolute Gasteiger partial charge is 0.103 e. The van der Waals surface area contributed by atoms with Gasteiger partial charge in [0.05, 0.1) is 0 Å². The maximum absolute atomic E-state index is 3.72. The lowest BCUT2D eigenvalue weighted by atomic mass is 10.0. The smallest absolute Gasteiger partial charge is 0.0227 e. The van der Waals surface area contributed by atoms with E-state index in [0.717, 1.165) is 6.42 Å². The summed E-state index contributed by atoms with van der Waals surface area (Å²) in [7, 11) is 0. The lowest BCUT2D eigenvalue weighted by molar-refractivity contribution is 0.718. The van der Waals surface area contributed by atoms with Crippen molar-refractivity contribution in [3.63, 3.8) is 0 Å². The van der Waals surface area contributed by atoms with Gasteiger partial charge in [-0.15, -0.1) is 6.58 Å². The van der Waals surface area contributed by atoms with Crippen LogP contribution in [0.2, 0.25) is 0 Å². The maximum atomic E-state index is 3.72. The molecule has 0 heteroatoms. The highest BCUT2D eigenvalue weighted by Crippen LogP contribution is 2.10. The Labute approximate surface area is 64.0 Å². The zero-order valence-electron chi connectivity index (χ0n) is 6.93. The molecule has 0 aliphatic carbocycles. The second-order valence-corrected chi connectivity index (χ2v) is 2.67. The first-order chi connectivity index (χ1) is 4.70. The molecule has 56 valence electrons. The number of hydrogen-bond acceptors (Lipinski definition) is 0. The van der Waals surface area contributed by atoms with Gasteiger partial charge in [0.2, 0.25) is 0 Å². The van der Waals surface area contributed by atoms with Crippen molar-refractivity contribution in [2.45, 2.75) is 20.3 Å². The highest BCUT2D eigenvalue weighted by molar-refractivity contribution is 5.09. The van der Waals surface area contributed by atoms with Crippen molar-refractivity contribution in [2.24, 2.45) is 5.92 Å². The van der Waals surface area contributed by atoms with E-state index >= 15 is 0 Å². The third kappa shape index (κ3) is 4.13. The van der Waals surface area contributed by atoms with Crippen LogP contribution >= 0.6 is 0 Å². The normalized spacial score (nSPS) is 14.4. The molecule has 0 amide bonds. The van der Waals surface area contributed by atoms with E-state index in [1.165, 1.54) is 5.57 Å². The first-order valence-electron chi connectivity index (χ1n) is 3.61. The molecule has 0 aromatic rings. The molecule has 1 unspecified atom stereocenters. The molecule has 0 aliphatic rings. The van der Waals surface area contributed by atoms with E-state index in [2.05, 4.69) is 27.0 Å². The van der Waals surface area contributed by atoms with Crippen molar-refractivity contribution in [2.75, 3.05) is 0 Å². The zero-order chi connectivity index (χ0) is 7.98. The highest BCUT2D eigenvalue weighted by Gasteiger charge is 1.95. The zero-order valence-corrected chi connectivity index (χ0v) is 6.93. The van der Waals surface area contributed by atoms with Crippen LogP contribution in [0.15, 0.2) is 37.0 Å². The molecule has 0 aliphatic heterocycles. The fourth-order valence-corrected chi connectivity index (χ4v) is 0.860. The van der Waals surface area contributed by atoms with E-state index in [4.69, 9.17) is 0 Å². The van der Waals surface area contributed by atoms with Gasteiger partial charge in [-0.3, -0.25) is 0 Å². The van der Waals surface area contributed by atoms with E-state index in [9.17, 15) is 0 Å². The lowest BCUT2D eigenvalue weighted by Gasteiger charge is -2.03. The van der Waals surface area contributed by atoms with Crippen molar-refractivity contribution in [1.29, 1.82) is 0 Å². The minimum absolute atomic E-state index is 0.580. The molecule has 0 bridgehead atoms. The van der Waals surface area contributed by atoms with E-state index in [1.54, 1.807) is 0 Å². The van der Waals surface area contributed by atoms with Gasteiger partial charge in [0.25, 0.3) is 0 Å². The van der Waals surface area contributed by atoms with E-state index in [0.29, 0.717) is 5.92 Å². The number of allylic oxidation sites excluding steroid dienone is 4. The first kappa shape index (κ1) is 9.22. The molecule has 0 heterocycles. The summed E-state index contributed by atoms with van der Waals surface area (Å²) in [6.45, 7) is 11.6. The van der Waals surface area contributed by atoms with Crippen LogP contribution in [0.25, 0.3) is 0 Å². The summed E-state index contributed by atoms with van der Waals surface area (Å²) in [5.41, 5.74) is 1.36. The second kappa shape index (κ2) is 5.04. The average Bonchev–Trinajstić information content (AvgIpc) is 1.88. The molecular weight excluding hydrogens is 120 g/mol. The molecule has 0 fully saturated rings. The molecule has 0 spiro atoms. The Morgan fingerprint density at radius 1 is 1.50 bits per heavy atom. The standard InChI is InChI=1S/C10H16/c1-5-7-10(4)8-9(3)6-2/h5-7,9H,1-2,8H2,3-4H3. The average molecular weight is 136 g/mol. The third-order valence-corrected chi connectivity index (χ3v) is 1.45. The van der Waals surface area contributed by atoms with Crippen LogP contribution in [0.4, 0.5) is 0 Å². The van der Waals surface area contributed by atoms with Crippen molar-refractivity contribution in [1.82, 2.24) is 0 Å². The monoisotopic (exact) mass is 136 g/mol. The van der Waals surface area contributed by atoms with Crippen LogP contribution in [0.1, 0.15) is 20.3 Å². The van der Waals surface area contributed by atoms with Crippen molar-refractivity contribution in [3.8, 4) is 0 Å². The molecule has 0 saturated carbocycles. The van der Waals surface area contributed by atoms with Crippen LogP contribution in [0.3, 0.4) is 0 Å². The predicted molar refractivity (Wildman–Crippen MR) is 47.9 cm³/mol. The maximum Gasteiger partial charge on any atom is -0.0227 e. The van der Waals surface area contributed by atoms with E-state index < -0.39 is 0 Å². The van der Waals surface area contributed by atoms with Crippen LogP contribution in [-0.4, -0.2) is 0 Å². The van der Waals surface area contributed by atoms with Crippen LogP contribution in [-0.2, 0) is 0 Å². The van der Waals surface area contributed by atoms with E-state index in [-0.39, 0.29) is 0 Å². The minimum Gasteiger partial charge on any atom is -0.103 e. The Balaban J connectivity index is 3.77. The first-order valence-corrected chi connectivity index (χ1v) is 3.61. The van der Waals surface area contributed by atoms with Crippen molar-refractivity contribution in [3.05, 3.63) is 37.0 Å². The molecule has 0 radical (unpaired) electrons. The van der Waals surface area contributed by atoms with Crippen LogP contribution in [0.5, 0.6) is 0 Å². The van der Waals surface area contributed by atoms with Gasteiger partial charge in [0.1, 0.15) is 0 Å². The molecule has 1 atom stereocenters. The molecule has 0 rings (SSSR count). The number of hydrogen-bond donors (Lipinski definition) is 0. The Bertz CT molecular complexity index is 140. The molecule has 0 saturated heterocycles. The Morgan fingerprint density at radius 2 is 2.10 bits per heavy atom. The van der Waals surface area contributed by atoms with Gasteiger partial charge in [-0.1, -0.05) is 37.3 Å². The summed E-state index contributed by atoms with van der Waals surface area (Å²) in [4.78, 5) is 0. The SMILES string of the molecule is C=CC=C(C)CC(C)C=C. The van der Waals surface area contributed by atoms with Gasteiger partial charge in [-0.25, -0.2) is 0 Å². The number of rotatable bonds is 4. The summed E-state index contributed by atoms with van der Waals surface area (Å²) >= 11 is 0. The summed E-state index contributed by atoms with van der Waals surface area (Å²) in [5, 5.41) is 0. The summed E-state index contributed by atoms with van der Waals surface area (Å²) in [6.07, 6.45) is 6.93. The summed E-state index contributed by atoms with van der Waals surface area (Å²) in [5.74, 6) is 0.580. The molecule has 0 aromatic carbocycles. The second-order valence-electron chi connectivity index (χ2n) is 2.67. The lowest BCUT2D eigenvalue weighted by Crippen LogP contribution is -1.88. The Hall–Kier alpha value is -0.780. The highest BCUT2D eigenvalue weighted by atomic mass is 14.0. The third-order valence-electron chi connectivity index (χ3n) is 1.45. The quantitative estimate of drug-likeness (QED) is 0.411. The predicted octanol–water partition coefficient (Wildman–Crippen LogP) is 3.33. The molecule has 0 N–H and O–H groups in total. The van der Waals surface area contributed by atoms with Crippen molar-refractivity contribution >= 4 is 0 Å². The Morgan fingerprint density at radius 3 is 2.50 bits per heavy atom. The van der Waals surface area contributed by atoms with Gasteiger partial charge in [0.15, 0.2) is 0 Å². The fraction of sp³-hybridized carbons (Fsp3) is 0.400. The molecular formula is C10H16. The van der Waals surface area contributed by atoms with Gasteiger partial charge < -0.3 is 0 Å². The van der Waals surface area contributed by atoms with Gasteiger partial charge >= 0.3 is 0 Å². The molecule has 0 nitrogen and oxygen atoms in total. The van der Waals surface area contributed by atoms with Gasteiger partial charge in [0, 0.05) is 0 Å². The topological polar surface area (TPSA) is 0 Å². The van der Waals surface area contributed by atoms with Crippen molar-refractivity contribution < 1.29 is 0 Å². The summed E-state index contributed by atoms with van der Waals surface area (Å²) in [6, 6.07) is 0. The molecule has 10 heavy (non-hydrogen) atoms. The van der Waals surface area contributed by atoms with Crippen LogP contribution < -0.4 is 0 Å². The van der Waals surface area contributed by atoms with Gasteiger partial charge in [-0.2, -0.15) is 0 Å². The molecule has 0 aromatic heterocycles. The van der Waals surface area contributed by atoms with Gasteiger partial charge in [-0.05, 0) is 19.3 Å².